The summed E-state index contributed by atoms with van der Waals surface area (Å²) in [5.74, 6) is 0.739. The highest BCUT2D eigenvalue weighted by Crippen LogP contribution is 2.07. The molecule has 0 aliphatic rings. The average molecular weight is 178 g/mol. The van der Waals surface area contributed by atoms with Crippen LogP contribution in [0.3, 0.4) is 0 Å². The summed E-state index contributed by atoms with van der Waals surface area (Å²) in [4.78, 5) is 2.44. The molecule has 0 N–H and O–H groups in total. The van der Waals surface area contributed by atoms with E-state index in [0.29, 0.717) is 12.1 Å². The Bertz CT molecular complexity index is 93.6. The zero-order valence-electron chi connectivity index (χ0n) is 8.10. The van der Waals surface area contributed by atoms with Crippen LogP contribution in [-0.2, 0) is 0 Å². The Morgan fingerprint density at radius 2 is 1.82 bits per heavy atom. The van der Waals surface area contributed by atoms with Gasteiger partial charge in [-0.2, -0.15) is 0 Å². The lowest BCUT2D eigenvalue weighted by Crippen LogP contribution is -2.39. The van der Waals surface area contributed by atoms with Gasteiger partial charge in [0.2, 0.25) is 0 Å². The summed E-state index contributed by atoms with van der Waals surface area (Å²) in [6, 6.07) is 1.28. The third-order valence-corrected chi connectivity index (χ3v) is 2.33. The van der Waals surface area contributed by atoms with Crippen molar-refractivity contribution in [2.75, 3.05) is 12.4 Å². The van der Waals surface area contributed by atoms with E-state index in [1.165, 1.54) is 6.42 Å². The van der Waals surface area contributed by atoms with Gasteiger partial charge in [-0.15, -0.1) is 11.6 Å². The normalized spacial score (nSPS) is 14.5. The SMILES string of the molecule is CCC(C)N(CCCl)C(C)C. The molecule has 0 heterocycles. The van der Waals surface area contributed by atoms with E-state index in [1.807, 2.05) is 0 Å². The molecule has 1 unspecified atom stereocenters. The monoisotopic (exact) mass is 177 g/mol. The minimum Gasteiger partial charge on any atom is -0.297 e. The second kappa shape index (κ2) is 5.84. The van der Waals surface area contributed by atoms with Crippen LogP contribution in [0, 0.1) is 0 Å². The Balaban J connectivity index is 3.87. The molecule has 68 valence electrons. The van der Waals surface area contributed by atoms with Crippen LogP contribution >= 0.6 is 11.6 Å². The fourth-order valence-corrected chi connectivity index (χ4v) is 1.51. The molecule has 0 aliphatic heterocycles. The molecule has 0 saturated carbocycles. The largest absolute Gasteiger partial charge is 0.297 e. The van der Waals surface area contributed by atoms with Gasteiger partial charge < -0.3 is 0 Å². The molecular formula is C9H20ClN. The van der Waals surface area contributed by atoms with Crippen molar-refractivity contribution in [2.24, 2.45) is 0 Å². The molecule has 0 bridgehead atoms. The van der Waals surface area contributed by atoms with Gasteiger partial charge in [-0.1, -0.05) is 6.92 Å². The average Bonchev–Trinajstić information content (AvgIpc) is 1.98. The smallest absolute Gasteiger partial charge is 0.0351 e. The van der Waals surface area contributed by atoms with Gasteiger partial charge in [0.05, 0.1) is 0 Å². The van der Waals surface area contributed by atoms with Crippen molar-refractivity contribution >= 4 is 11.6 Å². The molecule has 0 amide bonds. The predicted molar refractivity (Wildman–Crippen MR) is 52.3 cm³/mol. The highest BCUT2D eigenvalue weighted by atomic mass is 35.5. The van der Waals surface area contributed by atoms with Gasteiger partial charge in [0.15, 0.2) is 0 Å². The van der Waals surface area contributed by atoms with E-state index < -0.39 is 0 Å². The Hall–Kier alpha value is 0.250. The highest BCUT2D eigenvalue weighted by Gasteiger charge is 2.13. The second-order valence-corrected chi connectivity index (χ2v) is 3.66. The van der Waals surface area contributed by atoms with Gasteiger partial charge >= 0.3 is 0 Å². The molecule has 0 fully saturated rings. The Labute approximate surface area is 75.7 Å². The lowest BCUT2D eigenvalue weighted by molar-refractivity contribution is 0.171. The van der Waals surface area contributed by atoms with Crippen LogP contribution in [0.4, 0.5) is 0 Å². The van der Waals surface area contributed by atoms with E-state index >= 15 is 0 Å². The van der Waals surface area contributed by atoms with Crippen molar-refractivity contribution in [1.29, 1.82) is 0 Å². The van der Waals surface area contributed by atoms with Crippen molar-refractivity contribution in [3.05, 3.63) is 0 Å². The first-order valence-corrected chi connectivity index (χ1v) is 4.98. The lowest BCUT2D eigenvalue weighted by atomic mass is 10.2. The maximum absolute atomic E-state index is 5.70. The van der Waals surface area contributed by atoms with Crippen molar-refractivity contribution in [2.45, 2.75) is 46.2 Å². The van der Waals surface area contributed by atoms with Crippen LogP contribution in [0.5, 0.6) is 0 Å². The summed E-state index contributed by atoms with van der Waals surface area (Å²) in [7, 11) is 0. The predicted octanol–water partition coefficient (Wildman–Crippen LogP) is 2.73. The summed E-state index contributed by atoms with van der Waals surface area (Å²) in [5.41, 5.74) is 0. The summed E-state index contributed by atoms with van der Waals surface area (Å²) < 4.78 is 0. The minimum atomic E-state index is 0.615. The molecule has 0 spiro atoms. The topological polar surface area (TPSA) is 3.24 Å². The first-order chi connectivity index (χ1) is 5.13. The molecule has 1 atom stereocenters. The van der Waals surface area contributed by atoms with Gasteiger partial charge in [0.1, 0.15) is 0 Å². The van der Waals surface area contributed by atoms with Gasteiger partial charge in [-0.3, -0.25) is 4.90 Å². The molecule has 0 aromatic heterocycles. The highest BCUT2D eigenvalue weighted by molar-refractivity contribution is 6.18. The van der Waals surface area contributed by atoms with E-state index in [1.54, 1.807) is 0 Å². The van der Waals surface area contributed by atoms with Crippen molar-refractivity contribution < 1.29 is 0 Å². The fraction of sp³-hybridized carbons (Fsp3) is 1.00. The van der Waals surface area contributed by atoms with E-state index in [9.17, 15) is 0 Å². The molecule has 0 rings (SSSR count). The van der Waals surface area contributed by atoms with Gasteiger partial charge in [-0.05, 0) is 27.2 Å². The summed E-state index contributed by atoms with van der Waals surface area (Å²) in [5, 5.41) is 0. The third kappa shape index (κ3) is 3.97. The number of hydrogen-bond donors (Lipinski definition) is 0. The maximum atomic E-state index is 5.70. The molecule has 0 aromatic rings. The van der Waals surface area contributed by atoms with Crippen LogP contribution in [0.25, 0.3) is 0 Å². The first-order valence-electron chi connectivity index (χ1n) is 4.45. The number of rotatable bonds is 5. The Morgan fingerprint density at radius 1 is 1.27 bits per heavy atom. The summed E-state index contributed by atoms with van der Waals surface area (Å²) in [6.07, 6.45) is 1.20. The number of hydrogen-bond acceptors (Lipinski definition) is 1. The summed E-state index contributed by atoms with van der Waals surface area (Å²) >= 11 is 5.70. The van der Waals surface area contributed by atoms with E-state index in [2.05, 4.69) is 32.6 Å². The van der Waals surface area contributed by atoms with Crippen LogP contribution < -0.4 is 0 Å². The first kappa shape index (κ1) is 11.2. The molecule has 0 radical (unpaired) electrons. The molecular weight excluding hydrogens is 158 g/mol. The minimum absolute atomic E-state index is 0.615. The molecule has 0 aliphatic carbocycles. The number of halogens is 1. The zero-order valence-corrected chi connectivity index (χ0v) is 8.86. The van der Waals surface area contributed by atoms with Crippen LogP contribution in [0.15, 0.2) is 0 Å². The van der Waals surface area contributed by atoms with Crippen LogP contribution in [0.2, 0.25) is 0 Å². The van der Waals surface area contributed by atoms with E-state index in [-0.39, 0.29) is 0 Å². The van der Waals surface area contributed by atoms with Crippen LogP contribution in [0.1, 0.15) is 34.1 Å². The fourth-order valence-electron chi connectivity index (χ4n) is 1.32. The third-order valence-electron chi connectivity index (χ3n) is 2.16. The van der Waals surface area contributed by atoms with E-state index in [4.69, 9.17) is 11.6 Å². The molecule has 11 heavy (non-hydrogen) atoms. The molecule has 0 saturated heterocycles. The number of nitrogens with zero attached hydrogens (tertiary/aromatic N) is 1. The quantitative estimate of drug-likeness (QED) is 0.584. The van der Waals surface area contributed by atoms with Gasteiger partial charge in [-0.25, -0.2) is 0 Å². The van der Waals surface area contributed by atoms with Crippen molar-refractivity contribution in [3.8, 4) is 0 Å². The lowest BCUT2D eigenvalue weighted by Gasteiger charge is -2.31. The maximum Gasteiger partial charge on any atom is 0.0351 e. The van der Waals surface area contributed by atoms with Gasteiger partial charge in [0.25, 0.3) is 0 Å². The van der Waals surface area contributed by atoms with Gasteiger partial charge in [0, 0.05) is 24.5 Å². The Kier molecular flexibility index (Phi) is 5.98. The zero-order chi connectivity index (χ0) is 8.85. The number of alkyl halides is 1. The molecule has 2 heteroatoms. The van der Waals surface area contributed by atoms with E-state index in [0.717, 1.165) is 12.4 Å². The standard InChI is InChI=1S/C9H20ClN/c1-5-9(4)11(7-6-10)8(2)3/h8-9H,5-7H2,1-4H3. The Morgan fingerprint density at radius 3 is 2.09 bits per heavy atom. The van der Waals surface area contributed by atoms with Crippen molar-refractivity contribution in [1.82, 2.24) is 4.90 Å². The molecule has 1 nitrogen and oxygen atoms in total. The second-order valence-electron chi connectivity index (χ2n) is 3.28. The summed E-state index contributed by atoms with van der Waals surface area (Å²) in [6.45, 7) is 9.92. The van der Waals surface area contributed by atoms with Crippen molar-refractivity contribution in [3.63, 3.8) is 0 Å². The molecule has 0 aromatic carbocycles. The van der Waals surface area contributed by atoms with Crippen LogP contribution in [-0.4, -0.2) is 29.4 Å².